The summed E-state index contributed by atoms with van der Waals surface area (Å²) < 4.78 is -1.95. The van der Waals surface area contributed by atoms with E-state index in [-0.39, 0.29) is 16.4 Å². The number of nitrogens with one attached hydrogen (secondary N) is 3. The van der Waals surface area contributed by atoms with Crippen molar-refractivity contribution in [1.82, 2.24) is 10.6 Å². The van der Waals surface area contributed by atoms with Crippen LogP contribution in [0, 0.1) is 17.0 Å². The molecule has 0 radical (unpaired) electrons. The minimum atomic E-state index is -1.95. The number of nitro benzene ring substituents is 1. The molecule has 0 aliphatic heterocycles. The second-order valence-electron chi connectivity index (χ2n) is 5.72. The number of amides is 1. The van der Waals surface area contributed by atoms with E-state index < -0.39 is 20.8 Å². The second-order valence-corrected chi connectivity index (χ2v) is 8.50. The standard InChI is InChI=1S/C17H15Cl3N4O3S/c1-10-5-7-12(8-6-10)21-16(28)23-15(17(18,19)20)22-14(25)11-3-2-4-13(9-11)24(26)27/h2-9,15H,1H3,(H,22,25)(H2,21,23,28). The summed E-state index contributed by atoms with van der Waals surface area (Å²) in [6.45, 7) is 1.95. The van der Waals surface area contributed by atoms with Crippen molar-refractivity contribution in [3.05, 3.63) is 69.8 Å². The van der Waals surface area contributed by atoms with Gasteiger partial charge in [-0.2, -0.15) is 0 Å². The lowest BCUT2D eigenvalue weighted by Crippen LogP contribution is -2.56. The van der Waals surface area contributed by atoms with Crippen LogP contribution in [0.2, 0.25) is 0 Å². The van der Waals surface area contributed by atoms with E-state index >= 15 is 0 Å². The average Bonchev–Trinajstić information content (AvgIpc) is 2.62. The predicted molar refractivity (Wildman–Crippen MR) is 115 cm³/mol. The Morgan fingerprint density at radius 1 is 1.14 bits per heavy atom. The van der Waals surface area contributed by atoms with E-state index in [4.69, 9.17) is 47.0 Å². The van der Waals surface area contributed by atoms with Crippen molar-refractivity contribution in [2.45, 2.75) is 16.9 Å². The summed E-state index contributed by atoms with van der Waals surface area (Å²) in [5, 5.41) is 19.1. The maximum Gasteiger partial charge on any atom is 0.270 e. The van der Waals surface area contributed by atoms with Gasteiger partial charge in [-0.05, 0) is 37.3 Å². The fourth-order valence-electron chi connectivity index (χ4n) is 2.11. The number of halogens is 3. The van der Waals surface area contributed by atoms with E-state index in [0.29, 0.717) is 5.69 Å². The summed E-state index contributed by atoms with van der Waals surface area (Å²) in [7, 11) is 0. The molecule has 0 saturated heterocycles. The van der Waals surface area contributed by atoms with Gasteiger partial charge in [-0.3, -0.25) is 14.9 Å². The molecule has 2 aromatic rings. The smallest absolute Gasteiger partial charge is 0.270 e. The number of hydrogen-bond acceptors (Lipinski definition) is 4. The molecule has 2 aromatic carbocycles. The number of alkyl halides is 3. The Morgan fingerprint density at radius 2 is 1.79 bits per heavy atom. The van der Waals surface area contributed by atoms with E-state index in [9.17, 15) is 14.9 Å². The van der Waals surface area contributed by atoms with E-state index in [1.54, 1.807) is 0 Å². The Bertz CT molecular complexity index is 888. The summed E-state index contributed by atoms with van der Waals surface area (Å²) in [6.07, 6.45) is -1.20. The van der Waals surface area contributed by atoms with E-state index in [0.717, 1.165) is 11.6 Å². The number of aryl methyl sites for hydroxylation is 1. The molecule has 1 unspecified atom stereocenters. The molecule has 7 nitrogen and oxygen atoms in total. The summed E-state index contributed by atoms with van der Waals surface area (Å²) in [6, 6.07) is 12.6. The van der Waals surface area contributed by atoms with Gasteiger partial charge >= 0.3 is 0 Å². The van der Waals surface area contributed by atoms with Crippen LogP contribution in [0.5, 0.6) is 0 Å². The van der Waals surface area contributed by atoms with Crippen molar-refractivity contribution < 1.29 is 9.72 Å². The zero-order chi connectivity index (χ0) is 20.9. The number of benzene rings is 2. The Morgan fingerprint density at radius 3 is 2.36 bits per heavy atom. The van der Waals surface area contributed by atoms with Gasteiger partial charge in [-0.15, -0.1) is 0 Å². The van der Waals surface area contributed by atoms with Crippen LogP contribution in [-0.2, 0) is 0 Å². The topological polar surface area (TPSA) is 96.3 Å². The Labute approximate surface area is 181 Å². The number of nitrogens with zero attached hydrogens (tertiary/aromatic N) is 1. The van der Waals surface area contributed by atoms with Crippen LogP contribution in [0.3, 0.4) is 0 Å². The molecule has 1 atom stereocenters. The number of anilines is 1. The van der Waals surface area contributed by atoms with Gasteiger partial charge in [0.15, 0.2) is 5.11 Å². The fraction of sp³-hybridized carbons (Fsp3) is 0.176. The highest BCUT2D eigenvalue weighted by atomic mass is 35.6. The zero-order valence-corrected chi connectivity index (χ0v) is 17.5. The van der Waals surface area contributed by atoms with Crippen molar-refractivity contribution in [1.29, 1.82) is 0 Å². The Balaban J connectivity index is 2.10. The van der Waals surface area contributed by atoms with Gasteiger partial charge < -0.3 is 16.0 Å². The SMILES string of the molecule is Cc1ccc(NC(=S)NC(NC(=O)c2cccc([N+](=O)[O-])c2)C(Cl)(Cl)Cl)cc1. The quantitative estimate of drug-likeness (QED) is 0.202. The number of rotatable bonds is 5. The lowest BCUT2D eigenvalue weighted by Gasteiger charge is -2.27. The van der Waals surface area contributed by atoms with Gasteiger partial charge in [0.25, 0.3) is 11.6 Å². The first-order chi connectivity index (χ1) is 13.1. The van der Waals surface area contributed by atoms with Gasteiger partial charge in [0.05, 0.1) is 4.92 Å². The third-order valence-corrected chi connectivity index (χ3v) is 4.38. The average molecular weight is 462 g/mol. The van der Waals surface area contributed by atoms with Crippen LogP contribution in [0.15, 0.2) is 48.5 Å². The predicted octanol–water partition coefficient (Wildman–Crippen LogP) is 4.32. The molecular formula is C17H15Cl3N4O3S. The van der Waals surface area contributed by atoms with Crippen LogP contribution >= 0.6 is 47.0 Å². The molecule has 148 valence electrons. The van der Waals surface area contributed by atoms with Gasteiger partial charge in [0, 0.05) is 23.4 Å². The van der Waals surface area contributed by atoms with Crippen molar-refractivity contribution in [2.24, 2.45) is 0 Å². The van der Waals surface area contributed by atoms with Gasteiger partial charge in [0.1, 0.15) is 6.17 Å². The van der Waals surface area contributed by atoms with E-state index in [2.05, 4.69) is 16.0 Å². The highest BCUT2D eigenvalue weighted by Crippen LogP contribution is 2.29. The first-order valence-electron chi connectivity index (χ1n) is 7.82. The van der Waals surface area contributed by atoms with Gasteiger partial charge in [0.2, 0.25) is 3.79 Å². The molecule has 2 rings (SSSR count). The fourth-order valence-corrected chi connectivity index (χ4v) is 2.67. The maximum atomic E-state index is 12.4. The minimum absolute atomic E-state index is 0.0349. The number of carbonyl (C=O) groups excluding carboxylic acids is 1. The largest absolute Gasteiger partial charge is 0.339 e. The van der Waals surface area contributed by atoms with E-state index in [1.807, 2.05) is 31.2 Å². The number of non-ortho nitro benzene ring substituents is 1. The third kappa shape index (κ3) is 6.49. The molecule has 1 amide bonds. The summed E-state index contributed by atoms with van der Waals surface area (Å²) in [5.74, 6) is -0.675. The maximum absolute atomic E-state index is 12.4. The number of hydrogen-bond donors (Lipinski definition) is 3. The molecule has 0 saturated carbocycles. The third-order valence-electron chi connectivity index (χ3n) is 3.51. The van der Waals surface area contributed by atoms with Crippen molar-refractivity contribution in [3.8, 4) is 0 Å². The summed E-state index contributed by atoms with van der Waals surface area (Å²) in [4.78, 5) is 22.7. The first kappa shape index (κ1) is 22.2. The monoisotopic (exact) mass is 460 g/mol. The molecule has 28 heavy (non-hydrogen) atoms. The van der Waals surface area contributed by atoms with Gasteiger partial charge in [-0.25, -0.2) is 0 Å². The molecular weight excluding hydrogens is 447 g/mol. The number of thiocarbonyl (C=S) groups is 1. The summed E-state index contributed by atoms with van der Waals surface area (Å²) >= 11 is 23.0. The van der Waals surface area contributed by atoms with Crippen LogP contribution < -0.4 is 16.0 Å². The van der Waals surface area contributed by atoms with Crippen LogP contribution in [0.1, 0.15) is 15.9 Å². The lowest BCUT2D eigenvalue weighted by atomic mass is 10.2. The Hall–Kier alpha value is -2.13. The molecule has 0 bridgehead atoms. The van der Waals surface area contributed by atoms with Crippen molar-refractivity contribution in [2.75, 3.05) is 5.32 Å². The molecule has 0 aromatic heterocycles. The molecule has 0 aliphatic carbocycles. The molecule has 0 spiro atoms. The highest BCUT2D eigenvalue weighted by molar-refractivity contribution is 7.80. The van der Waals surface area contributed by atoms with Crippen LogP contribution in [0.25, 0.3) is 0 Å². The normalized spacial score (nSPS) is 12.0. The second kappa shape index (κ2) is 9.38. The summed E-state index contributed by atoms with van der Waals surface area (Å²) in [5.41, 5.74) is 1.58. The molecule has 0 aliphatic rings. The molecule has 0 fully saturated rings. The van der Waals surface area contributed by atoms with Crippen LogP contribution in [-0.4, -0.2) is 25.9 Å². The van der Waals surface area contributed by atoms with Gasteiger partial charge in [-0.1, -0.05) is 58.6 Å². The number of carbonyl (C=O) groups is 1. The first-order valence-corrected chi connectivity index (χ1v) is 9.36. The molecule has 3 N–H and O–H groups in total. The molecule has 0 heterocycles. The minimum Gasteiger partial charge on any atom is -0.339 e. The van der Waals surface area contributed by atoms with Crippen molar-refractivity contribution >= 4 is 69.4 Å². The Kier molecular flexibility index (Phi) is 7.42. The van der Waals surface area contributed by atoms with Crippen LogP contribution in [0.4, 0.5) is 11.4 Å². The molecule has 11 heteroatoms. The van der Waals surface area contributed by atoms with Crippen molar-refractivity contribution in [3.63, 3.8) is 0 Å². The number of nitro groups is 1. The highest BCUT2D eigenvalue weighted by Gasteiger charge is 2.35. The lowest BCUT2D eigenvalue weighted by molar-refractivity contribution is -0.384. The van der Waals surface area contributed by atoms with E-state index in [1.165, 1.54) is 18.2 Å². The zero-order valence-electron chi connectivity index (χ0n) is 14.4.